The molecule has 0 saturated heterocycles. The zero-order valence-electron chi connectivity index (χ0n) is 18.3. The Kier molecular flexibility index (Phi) is 8.85. The molecule has 0 spiro atoms. The van der Waals surface area contributed by atoms with Gasteiger partial charge in [0.1, 0.15) is 5.82 Å². The molecule has 2 rings (SSSR count). The molecule has 1 heterocycles. The quantitative estimate of drug-likeness (QED) is 0.506. The Bertz CT molecular complexity index is 1020. The number of H-pyrrole nitrogens is 1. The fourth-order valence-electron chi connectivity index (χ4n) is 3.16. The maximum Gasteiger partial charge on any atom is 0.330 e. The second-order valence-corrected chi connectivity index (χ2v) is 8.13. The molecule has 0 bridgehead atoms. The highest BCUT2D eigenvalue weighted by Gasteiger charge is 2.24. The number of rotatable bonds is 10. The van der Waals surface area contributed by atoms with Crippen molar-refractivity contribution in [2.45, 2.75) is 33.4 Å². The minimum Gasteiger partial charge on any atom is -0.383 e. The van der Waals surface area contributed by atoms with Crippen LogP contribution in [0, 0.1) is 5.92 Å². The Labute approximate surface area is 186 Å². The Morgan fingerprint density at radius 2 is 2.03 bits per heavy atom. The van der Waals surface area contributed by atoms with E-state index in [1.54, 1.807) is 6.07 Å². The highest BCUT2D eigenvalue weighted by molar-refractivity contribution is 6.30. The topological polar surface area (TPSA) is 122 Å². The van der Waals surface area contributed by atoms with Gasteiger partial charge in [-0.2, -0.15) is 0 Å². The Hall–Kier alpha value is -2.62. The summed E-state index contributed by atoms with van der Waals surface area (Å²) in [5.41, 5.74) is 5.73. The number of benzene rings is 1. The standard InChI is InChI=1S/C21H30ClN5O4/c1-13(2)12-27-19(23)18(20(29)25-21(27)30)26(8-9-31-4)17(28)11-24-14(3)15-6-5-7-16(22)10-15/h5-7,10,13-14,24H,8-9,11-12,23H2,1-4H3,(H,25,29,30)/t14-/m1/s1. The Morgan fingerprint density at radius 3 is 2.65 bits per heavy atom. The van der Waals surface area contributed by atoms with Gasteiger partial charge in [-0.05, 0) is 30.5 Å². The summed E-state index contributed by atoms with van der Waals surface area (Å²) >= 11 is 6.04. The Morgan fingerprint density at radius 1 is 1.32 bits per heavy atom. The molecule has 170 valence electrons. The molecule has 1 amide bonds. The largest absolute Gasteiger partial charge is 0.383 e. The van der Waals surface area contributed by atoms with Crippen LogP contribution < -0.4 is 27.2 Å². The van der Waals surface area contributed by atoms with E-state index in [9.17, 15) is 14.4 Å². The van der Waals surface area contributed by atoms with Crippen LogP contribution in [0.1, 0.15) is 32.4 Å². The number of hydrogen-bond acceptors (Lipinski definition) is 6. The van der Waals surface area contributed by atoms with Crippen molar-refractivity contribution >= 4 is 29.0 Å². The van der Waals surface area contributed by atoms with Crippen LogP contribution in [0.15, 0.2) is 33.9 Å². The summed E-state index contributed by atoms with van der Waals surface area (Å²) in [5, 5.41) is 3.74. The molecule has 1 aromatic carbocycles. The number of anilines is 2. The van der Waals surface area contributed by atoms with E-state index in [0.717, 1.165) is 5.56 Å². The third kappa shape index (κ3) is 6.43. The number of hydrogen-bond donors (Lipinski definition) is 3. The van der Waals surface area contributed by atoms with E-state index in [4.69, 9.17) is 22.1 Å². The summed E-state index contributed by atoms with van der Waals surface area (Å²) < 4.78 is 6.37. The molecule has 0 aliphatic carbocycles. The smallest absolute Gasteiger partial charge is 0.330 e. The number of nitrogens with zero attached hydrogens (tertiary/aromatic N) is 2. The first-order valence-electron chi connectivity index (χ1n) is 10.1. The normalized spacial score (nSPS) is 12.2. The van der Waals surface area contributed by atoms with Gasteiger partial charge in [0, 0.05) is 31.3 Å². The number of nitrogen functional groups attached to an aromatic ring is 1. The molecule has 10 heteroatoms. The molecule has 1 aromatic heterocycles. The number of aromatic amines is 1. The van der Waals surface area contributed by atoms with E-state index < -0.39 is 11.2 Å². The number of halogens is 1. The van der Waals surface area contributed by atoms with Gasteiger partial charge < -0.3 is 20.7 Å². The SMILES string of the molecule is COCCN(C(=O)CN[C@H](C)c1cccc(Cl)c1)c1c(N)n(CC(C)C)c(=O)[nH]c1=O. The molecule has 0 unspecified atom stereocenters. The van der Waals surface area contributed by atoms with Gasteiger partial charge in [-0.15, -0.1) is 0 Å². The minimum atomic E-state index is -0.713. The highest BCUT2D eigenvalue weighted by Crippen LogP contribution is 2.19. The van der Waals surface area contributed by atoms with Crippen molar-refractivity contribution in [3.8, 4) is 0 Å². The summed E-state index contributed by atoms with van der Waals surface area (Å²) in [7, 11) is 1.50. The van der Waals surface area contributed by atoms with E-state index in [1.165, 1.54) is 16.6 Å². The molecule has 4 N–H and O–H groups in total. The van der Waals surface area contributed by atoms with Gasteiger partial charge in [0.05, 0.1) is 13.2 Å². The molecule has 2 aromatic rings. The molecule has 0 aliphatic rings. The van der Waals surface area contributed by atoms with Crippen molar-refractivity contribution in [1.82, 2.24) is 14.9 Å². The number of aromatic nitrogens is 2. The van der Waals surface area contributed by atoms with Crippen LogP contribution in [0.25, 0.3) is 0 Å². The Balaban J connectivity index is 2.31. The summed E-state index contributed by atoms with van der Waals surface area (Å²) in [6, 6.07) is 7.17. The summed E-state index contributed by atoms with van der Waals surface area (Å²) in [5.74, 6) is -0.310. The maximum absolute atomic E-state index is 13.1. The minimum absolute atomic E-state index is 0.0465. The van der Waals surface area contributed by atoms with Crippen LogP contribution in [0.4, 0.5) is 11.5 Å². The lowest BCUT2D eigenvalue weighted by molar-refractivity contribution is -0.118. The molecule has 1 atom stereocenters. The molecule has 31 heavy (non-hydrogen) atoms. The van der Waals surface area contributed by atoms with Crippen molar-refractivity contribution < 1.29 is 9.53 Å². The average Bonchev–Trinajstić information content (AvgIpc) is 2.71. The van der Waals surface area contributed by atoms with E-state index in [0.29, 0.717) is 11.6 Å². The van der Waals surface area contributed by atoms with Crippen molar-refractivity contribution in [1.29, 1.82) is 0 Å². The van der Waals surface area contributed by atoms with Crippen LogP contribution in [-0.2, 0) is 16.1 Å². The first-order valence-corrected chi connectivity index (χ1v) is 10.4. The first kappa shape index (κ1) is 24.6. The van der Waals surface area contributed by atoms with Crippen LogP contribution in [0.3, 0.4) is 0 Å². The van der Waals surface area contributed by atoms with Gasteiger partial charge in [-0.25, -0.2) is 4.79 Å². The predicted molar refractivity (Wildman–Crippen MR) is 123 cm³/mol. The van der Waals surface area contributed by atoms with E-state index >= 15 is 0 Å². The lowest BCUT2D eigenvalue weighted by atomic mass is 10.1. The third-order valence-electron chi connectivity index (χ3n) is 4.76. The molecular formula is C21H30ClN5O4. The number of methoxy groups -OCH3 is 1. The number of nitrogens with two attached hydrogens (primary N) is 1. The zero-order valence-corrected chi connectivity index (χ0v) is 19.0. The summed E-state index contributed by atoms with van der Waals surface area (Å²) in [6.07, 6.45) is 0. The number of carbonyl (C=O) groups is 1. The van der Waals surface area contributed by atoms with Crippen molar-refractivity contribution in [2.75, 3.05) is 37.4 Å². The fourth-order valence-corrected chi connectivity index (χ4v) is 3.36. The number of ether oxygens (including phenoxy) is 1. The molecule has 9 nitrogen and oxygen atoms in total. The zero-order chi connectivity index (χ0) is 23.1. The lowest BCUT2D eigenvalue weighted by Crippen LogP contribution is -2.46. The average molecular weight is 452 g/mol. The number of carbonyl (C=O) groups excluding carboxylic acids is 1. The molecule has 0 saturated carbocycles. The van der Waals surface area contributed by atoms with Gasteiger partial charge >= 0.3 is 5.69 Å². The molecule has 0 aliphatic heterocycles. The lowest BCUT2D eigenvalue weighted by Gasteiger charge is -2.25. The maximum atomic E-state index is 13.1. The van der Waals surface area contributed by atoms with Crippen LogP contribution >= 0.6 is 11.6 Å². The van der Waals surface area contributed by atoms with Crippen molar-refractivity contribution in [3.63, 3.8) is 0 Å². The summed E-state index contributed by atoms with van der Waals surface area (Å²) in [6.45, 7) is 6.30. The number of amides is 1. The number of nitrogens with one attached hydrogen (secondary N) is 2. The summed E-state index contributed by atoms with van der Waals surface area (Å²) in [4.78, 5) is 41.4. The van der Waals surface area contributed by atoms with E-state index in [2.05, 4.69) is 10.3 Å². The first-order chi connectivity index (χ1) is 14.6. The molecule has 0 radical (unpaired) electrons. The van der Waals surface area contributed by atoms with E-state index in [1.807, 2.05) is 39.0 Å². The van der Waals surface area contributed by atoms with Gasteiger partial charge in [0.25, 0.3) is 5.56 Å². The highest BCUT2D eigenvalue weighted by atomic mass is 35.5. The second kappa shape index (κ2) is 11.1. The fraction of sp³-hybridized carbons (Fsp3) is 0.476. The van der Waals surface area contributed by atoms with E-state index in [-0.39, 0.29) is 49.1 Å². The van der Waals surface area contributed by atoms with Gasteiger partial charge in [0.15, 0.2) is 5.69 Å². The predicted octanol–water partition coefficient (Wildman–Crippen LogP) is 1.76. The molecule has 0 fully saturated rings. The van der Waals surface area contributed by atoms with Gasteiger partial charge in [-0.3, -0.25) is 19.1 Å². The van der Waals surface area contributed by atoms with Gasteiger partial charge in [0.2, 0.25) is 5.91 Å². The van der Waals surface area contributed by atoms with Gasteiger partial charge in [-0.1, -0.05) is 37.6 Å². The second-order valence-electron chi connectivity index (χ2n) is 7.69. The molecular weight excluding hydrogens is 422 g/mol. The van der Waals surface area contributed by atoms with Crippen LogP contribution in [0.2, 0.25) is 5.02 Å². The third-order valence-corrected chi connectivity index (χ3v) is 5.00. The van der Waals surface area contributed by atoms with Crippen molar-refractivity contribution in [2.24, 2.45) is 5.92 Å². The van der Waals surface area contributed by atoms with Crippen molar-refractivity contribution in [3.05, 3.63) is 55.7 Å². The van der Waals surface area contributed by atoms with Crippen LogP contribution in [-0.4, -0.2) is 42.3 Å². The monoisotopic (exact) mass is 451 g/mol. The van der Waals surface area contributed by atoms with Crippen LogP contribution in [0.5, 0.6) is 0 Å².